The Kier molecular flexibility index (Phi) is 8.20. The summed E-state index contributed by atoms with van der Waals surface area (Å²) in [6.07, 6.45) is 0.0704. The second-order valence-corrected chi connectivity index (χ2v) is 10.7. The van der Waals surface area contributed by atoms with Crippen LogP contribution in [0, 0.1) is 10.1 Å². The average molecular weight is 576 g/mol. The van der Waals surface area contributed by atoms with Gasteiger partial charge in [-0.1, -0.05) is 42.1 Å². The van der Waals surface area contributed by atoms with E-state index in [9.17, 15) is 24.5 Å². The number of hydrogen-bond acceptors (Lipinski definition) is 9. The Morgan fingerprint density at radius 2 is 1.68 bits per heavy atom. The first-order valence-electron chi connectivity index (χ1n) is 13.2. The summed E-state index contributed by atoms with van der Waals surface area (Å²) >= 11 is 1.36. The third-order valence-electron chi connectivity index (χ3n) is 7.26. The van der Waals surface area contributed by atoms with Crippen LogP contribution in [-0.4, -0.2) is 68.8 Å². The van der Waals surface area contributed by atoms with Gasteiger partial charge in [0.1, 0.15) is 6.61 Å². The number of hydrogen-bond donors (Lipinski definition) is 0. The lowest BCUT2D eigenvalue weighted by molar-refractivity contribution is -0.384. The van der Waals surface area contributed by atoms with Gasteiger partial charge in [0.05, 0.1) is 28.7 Å². The molecule has 1 saturated heterocycles. The Labute approximate surface area is 241 Å². The van der Waals surface area contributed by atoms with E-state index in [-0.39, 0.29) is 30.5 Å². The molecule has 3 heterocycles. The summed E-state index contributed by atoms with van der Waals surface area (Å²) in [6.45, 7) is 5.18. The van der Waals surface area contributed by atoms with Gasteiger partial charge in [0, 0.05) is 50.9 Å². The van der Waals surface area contributed by atoms with Crippen molar-refractivity contribution in [3.8, 4) is 0 Å². The zero-order chi connectivity index (χ0) is 29.1. The molecule has 3 aliphatic rings. The standard InChI is InChI=1S/C29H29N5O6S/c1-19-26(28(37)40-17-21-6-4-3-5-7-21)27(22-8-10-23(11-9-22)34(38)39)33-24(18-41-29(33)30-19)16-25(36)32-14-12-31(13-15-32)20(2)35/h3-11,18,27H,12-17H2,1-2H3. The van der Waals surface area contributed by atoms with Gasteiger partial charge in [-0.3, -0.25) is 19.7 Å². The number of amides is 2. The number of benzene rings is 2. The number of thioether (sulfide) groups is 1. The zero-order valence-corrected chi connectivity index (χ0v) is 23.5. The first kappa shape index (κ1) is 28.1. The molecule has 0 saturated carbocycles. The summed E-state index contributed by atoms with van der Waals surface area (Å²) in [7, 11) is 0. The predicted octanol–water partition coefficient (Wildman–Crippen LogP) is 3.99. The van der Waals surface area contributed by atoms with Crippen LogP contribution in [0.2, 0.25) is 0 Å². The molecular weight excluding hydrogens is 546 g/mol. The van der Waals surface area contributed by atoms with Crippen molar-refractivity contribution in [1.29, 1.82) is 0 Å². The second kappa shape index (κ2) is 12.0. The van der Waals surface area contributed by atoms with Gasteiger partial charge in [0.2, 0.25) is 11.8 Å². The van der Waals surface area contributed by atoms with Crippen molar-refractivity contribution in [2.75, 3.05) is 26.2 Å². The van der Waals surface area contributed by atoms with Crippen molar-refractivity contribution < 1.29 is 24.0 Å². The second-order valence-electron chi connectivity index (χ2n) is 9.87. The predicted molar refractivity (Wildman–Crippen MR) is 153 cm³/mol. The molecule has 2 aromatic rings. The quantitative estimate of drug-likeness (QED) is 0.276. The van der Waals surface area contributed by atoms with Crippen molar-refractivity contribution in [3.63, 3.8) is 0 Å². The Hall–Kier alpha value is -4.45. The summed E-state index contributed by atoms with van der Waals surface area (Å²) in [4.78, 5) is 59.4. The molecular formula is C29H29N5O6S. The molecule has 1 fully saturated rings. The van der Waals surface area contributed by atoms with Gasteiger partial charge < -0.3 is 19.4 Å². The number of aliphatic imine (C=N–C) groups is 1. The molecule has 0 bridgehead atoms. The number of allylic oxidation sites excluding steroid dienone is 1. The van der Waals surface area contributed by atoms with Gasteiger partial charge >= 0.3 is 5.97 Å². The van der Waals surface area contributed by atoms with Gasteiger partial charge in [0.25, 0.3) is 5.69 Å². The number of non-ortho nitro benzene ring substituents is 1. The largest absolute Gasteiger partial charge is 0.457 e. The summed E-state index contributed by atoms with van der Waals surface area (Å²) < 4.78 is 5.71. The number of nitrogens with zero attached hydrogens (tertiary/aromatic N) is 5. The van der Waals surface area contributed by atoms with E-state index >= 15 is 0 Å². The molecule has 0 aliphatic carbocycles. The van der Waals surface area contributed by atoms with Crippen LogP contribution < -0.4 is 0 Å². The van der Waals surface area contributed by atoms with Gasteiger partial charge in [-0.05, 0) is 35.6 Å². The summed E-state index contributed by atoms with van der Waals surface area (Å²) in [5.41, 5.74) is 2.83. The number of piperazine rings is 1. The average Bonchev–Trinajstić information content (AvgIpc) is 3.37. The fraction of sp³-hybridized carbons (Fsp3) is 0.310. The summed E-state index contributed by atoms with van der Waals surface area (Å²) in [6, 6.07) is 14.7. The topological polar surface area (TPSA) is 126 Å². The van der Waals surface area contributed by atoms with Gasteiger partial charge in [-0.15, -0.1) is 0 Å². The molecule has 2 aromatic carbocycles. The summed E-state index contributed by atoms with van der Waals surface area (Å²) in [5, 5.41) is 13.8. The van der Waals surface area contributed by atoms with Crippen LogP contribution in [0.1, 0.15) is 37.4 Å². The van der Waals surface area contributed by atoms with E-state index in [1.54, 1.807) is 28.9 Å². The van der Waals surface area contributed by atoms with Gasteiger partial charge in [0.15, 0.2) is 5.17 Å². The van der Waals surface area contributed by atoms with Gasteiger partial charge in [-0.25, -0.2) is 9.79 Å². The SMILES string of the molecule is CC(=O)N1CCN(C(=O)CC2=CSC3=NC(C)=C(C(=O)OCc4ccccc4)C(c4ccc([N+](=O)[O-])cc4)N23)CC1. The maximum absolute atomic E-state index is 13.6. The van der Waals surface area contributed by atoms with E-state index in [1.165, 1.54) is 30.8 Å². The summed E-state index contributed by atoms with van der Waals surface area (Å²) in [5.74, 6) is -0.662. The van der Waals surface area contributed by atoms with E-state index in [4.69, 9.17) is 4.74 Å². The van der Waals surface area contributed by atoms with E-state index in [0.29, 0.717) is 53.9 Å². The Morgan fingerprint density at radius 3 is 2.32 bits per heavy atom. The normalized spacial score (nSPS) is 18.5. The van der Waals surface area contributed by atoms with E-state index < -0.39 is 16.9 Å². The molecule has 12 heteroatoms. The molecule has 0 aromatic heterocycles. The number of carbonyl (C=O) groups is 3. The molecule has 1 unspecified atom stereocenters. The van der Waals surface area contributed by atoms with Crippen LogP contribution in [0.3, 0.4) is 0 Å². The lowest BCUT2D eigenvalue weighted by Gasteiger charge is -2.37. The number of esters is 1. The van der Waals surface area contributed by atoms with E-state index in [2.05, 4.69) is 4.99 Å². The maximum atomic E-state index is 13.6. The molecule has 0 spiro atoms. The highest BCUT2D eigenvalue weighted by atomic mass is 32.2. The van der Waals surface area contributed by atoms with Crippen LogP contribution in [0.25, 0.3) is 0 Å². The van der Waals surface area contributed by atoms with Crippen LogP contribution >= 0.6 is 11.8 Å². The van der Waals surface area contributed by atoms with Crippen molar-refractivity contribution in [2.45, 2.75) is 32.9 Å². The molecule has 5 rings (SSSR count). The monoisotopic (exact) mass is 575 g/mol. The first-order valence-corrected chi connectivity index (χ1v) is 14.0. The molecule has 0 N–H and O–H groups in total. The minimum absolute atomic E-state index is 0.0130. The minimum Gasteiger partial charge on any atom is -0.457 e. The van der Waals surface area contributed by atoms with Crippen molar-refractivity contribution >= 4 is 40.4 Å². The lowest BCUT2D eigenvalue weighted by atomic mass is 9.93. The number of rotatable bonds is 7. The molecule has 41 heavy (non-hydrogen) atoms. The molecule has 11 nitrogen and oxygen atoms in total. The highest BCUT2D eigenvalue weighted by molar-refractivity contribution is 8.16. The molecule has 3 aliphatic heterocycles. The number of nitro groups is 1. The third-order valence-corrected chi connectivity index (χ3v) is 8.15. The number of nitro benzene ring substituents is 1. The maximum Gasteiger partial charge on any atom is 0.338 e. The number of amidine groups is 1. The zero-order valence-electron chi connectivity index (χ0n) is 22.7. The Morgan fingerprint density at radius 1 is 1.02 bits per heavy atom. The first-order chi connectivity index (χ1) is 19.7. The lowest BCUT2D eigenvalue weighted by Crippen LogP contribution is -2.50. The highest BCUT2D eigenvalue weighted by Crippen LogP contribution is 2.45. The minimum atomic E-state index is -0.699. The van der Waals surface area contributed by atoms with Crippen LogP contribution in [-0.2, 0) is 25.7 Å². The van der Waals surface area contributed by atoms with Gasteiger partial charge in [-0.2, -0.15) is 0 Å². The number of ether oxygens (including phenoxy) is 1. The van der Waals surface area contributed by atoms with Crippen LogP contribution in [0.5, 0.6) is 0 Å². The number of carbonyl (C=O) groups excluding carboxylic acids is 3. The Balaban J connectivity index is 1.42. The van der Waals surface area contributed by atoms with Crippen LogP contribution in [0.4, 0.5) is 5.69 Å². The smallest absolute Gasteiger partial charge is 0.338 e. The Bertz CT molecular complexity index is 1460. The van der Waals surface area contributed by atoms with E-state index in [1.807, 2.05) is 40.6 Å². The number of fused-ring (bicyclic) bond motifs is 1. The fourth-order valence-corrected chi connectivity index (χ4v) is 6.03. The highest BCUT2D eigenvalue weighted by Gasteiger charge is 2.41. The molecule has 212 valence electrons. The molecule has 2 amide bonds. The fourth-order valence-electron chi connectivity index (χ4n) is 5.06. The third kappa shape index (κ3) is 6.02. The van der Waals surface area contributed by atoms with Crippen molar-refractivity contribution in [3.05, 3.63) is 98.2 Å². The van der Waals surface area contributed by atoms with Crippen molar-refractivity contribution in [1.82, 2.24) is 14.7 Å². The molecule has 1 atom stereocenters. The van der Waals surface area contributed by atoms with Crippen LogP contribution in [0.15, 0.2) is 82.0 Å². The van der Waals surface area contributed by atoms with Crippen molar-refractivity contribution in [2.24, 2.45) is 4.99 Å². The van der Waals surface area contributed by atoms with E-state index in [0.717, 1.165) is 5.56 Å². The molecule has 0 radical (unpaired) electrons.